The van der Waals surface area contributed by atoms with Gasteiger partial charge in [-0.25, -0.2) is 0 Å². The molecule has 1 aliphatic rings. The number of hydrogen-bond donors (Lipinski definition) is 4. The highest BCUT2D eigenvalue weighted by atomic mass is 16.2. The Kier molecular flexibility index (Phi) is 30.3. The molecule has 1 heterocycles. The van der Waals surface area contributed by atoms with E-state index in [0.717, 1.165) is 0 Å². The highest BCUT2D eigenvalue weighted by Crippen LogP contribution is 2.25. The Bertz CT molecular complexity index is 2200. The van der Waals surface area contributed by atoms with Crippen molar-refractivity contribution in [3.63, 3.8) is 0 Å². The van der Waals surface area contributed by atoms with Crippen LogP contribution >= 0.6 is 0 Å². The van der Waals surface area contributed by atoms with Gasteiger partial charge in [0.05, 0.1) is 6.54 Å². The Morgan fingerprint density at radius 2 is 0.732 bits per heavy atom. The molecule has 1 fully saturated rings. The van der Waals surface area contributed by atoms with E-state index < -0.39 is 144 Å². The topological polar surface area (TPSA) is 259 Å². The average Bonchev–Trinajstić information content (AvgIpc) is 3.47. The maximum atomic E-state index is 15.0. The number of likely N-dealkylation sites (N-methyl/N-ethyl adjacent to an activating group) is 7. The minimum absolute atomic E-state index is 0.109. The summed E-state index contributed by atoms with van der Waals surface area (Å²) in [7, 11) is 10.3. The lowest BCUT2D eigenvalue weighted by Gasteiger charge is -2.41. The zero-order chi connectivity index (χ0) is 63.7. The molecule has 1 aliphatic heterocycles. The molecular formula is C60H109N11O11. The molecule has 0 aromatic carbocycles. The Balaban J connectivity index is 4.23. The van der Waals surface area contributed by atoms with Crippen molar-refractivity contribution in [2.45, 2.75) is 223 Å². The lowest BCUT2D eigenvalue weighted by atomic mass is 9.94. The third-order valence-electron chi connectivity index (χ3n) is 15.4. The molecule has 0 bridgehead atoms. The number of amides is 11. The molecule has 4 unspecified atom stereocenters. The third kappa shape index (κ3) is 21.1. The van der Waals surface area contributed by atoms with Crippen LogP contribution in [0.4, 0.5) is 0 Å². The van der Waals surface area contributed by atoms with Gasteiger partial charge in [0.15, 0.2) is 0 Å². The molecule has 0 spiro atoms. The maximum absolute atomic E-state index is 15.0. The first kappa shape index (κ1) is 74.2. The highest BCUT2D eigenvalue weighted by Gasteiger charge is 2.44. The number of carbonyl (C=O) groups is 11. The molecule has 82 heavy (non-hydrogen) atoms. The van der Waals surface area contributed by atoms with Gasteiger partial charge >= 0.3 is 0 Å². The second-order valence-corrected chi connectivity index (χ2v) is 25.9. The Labute approximate surface area is 492 Å². The van der Waals surface area contributed by atoms with Gasteiger partial charge < -0.3 is 55.6 Å². The molecule has 10 atom stereocenters. The van der Waals surface area contributed by atoms with Gasteiger partial charge in [0.1, 0.15) is 60.4 Å². The van der Waals surface area contributed by atoms with E-state index in [4.69, 9.17) is 0 Å². The van der Waals surface area contributed by atoms with E-state index in [2.05, 4.69) is 21.3 Å². The number of nitrogens with one attached hydrogen (secondary N) is 4. The minimum Gasteiger partial charge on any atom is -0.343 e. The van der Waals surface area contributed by atoms with Crippen molar-refractivity contribution < 1.29 is 52.7 Å². The molecule has 0 aromatic heterocycles. The first-order chi connectivity index (χ1) is 37.7. The lowest BCUT2D eigenvalue weighted by molar-refractivity contribution is -0.156. The normalized spacial score (nSPS) is 26.6. The van der Waals surface area contributed by atoms with Crippen molar-refractivity contribution in [3.8, 4) is 0 Å². The van der Waals surface area contributed by atoms with Gasteiger partial charge in [0, 0.05) is 49.3 Å². The minimum atomic E-state index is -1.21. The smallest absolute Gasteiger partial charge is 0.246 e. The van der Waals surface area contributed by atoms with Crippen LogP contribution in [0, 0.1) is 41.4 Å². The molecule has 11 amide bonds. The number of nitrogens with zero attached hydrogens (tertiary/aromatic N) is 7. The number of rotatable bonds is 14. The van der Waals surface area contributed by atoms with Crippen LogP contribution in [0.3, 0.4) is 0 Å². The Hall–Kier alpha value is -5.83. The van der Waals surface area contributed by atoms with Gasteiger partial charge in [-0.3, -0.25) is 52.7 Å². The van der Waals surface area contributed by atoms with Crippen LogP contribution in [0.5, 0.6) is 0 Å². The molecular weight excluding hydrogens is 1050 g/mol. The summed E-state index contributed by atoms with van der Waals surface area (Å²) in [6, 6.07) is -11.3. The van der Waals surface area contributed by atoms with Gasteiger partial charge in [0.25, 0.3) is 0 Å². The summed E-state index contributed by atoms with van der Waals surface area (Å²) >= 11 is 0. The molecule has 22 nitrogen and oxygen atoms in total. The predicted octanol–water partition coefficient (Wildman–Crippen LogP) is 3.74. The van der Waals surface area contributed by atoms with E-state index >= 15 is 4.79 Å². The summed E-state index contributed by atoms with van der Waals surface area (Å²) in [6.45, 7) is 30.2. The zero-order valence-corrected chi connectivity index (χ0v) is 54.6. The second-order valence-electron chi connectivity index (χ2n) is 25.9. The molecule has 22 heteroatoms. The summed E-state index contributed by atoms with van der Waals surface area (Å²) in [4.78, 5) is 168. The summed E-state index contributed by atoms with van der Waals surface area (Å²) in [5.74, 6) is -8.19. The quantitative estimate of drug-likeness (QED) is 0.195. The first-order valence-corrected chi connectivity index (χ1v) is 29.8. The first-order valence-electron chi connectivity index (χ1n) is 29.8. The van der Waals surface area contributed by atoms with Gasteiger partial charge in [-0.05, 0) is 93.8 Å². The van der Waals surface area contributed by atoms with Crippen LogP contribution in [0.1, 0.15) is 163 Å². The number of carbonyl (C=O) groups excluding carboxylic acids is 11. The molecule has 0 aliphatic carbocycles. The molecule has 0 aromatic rings. The van der Waals surface area contributed by atoms with Crippen molar-refractivity contribution in [2.24, 2.45) is 41.4 Å². The van der Waals surface area contributed by atoms with E-state index in [1.54, 1.807) is 27.7 Å². The summed E-state index contributed by atoms with van der Waals surface area (Å²) in [5, 5.41) is 11.2. The molecule has 470 valence electrons. The SMILES string of the molecule is CCCC1NC(=O)C(CC(C)C)N(C)C(=O)[C@H](C(C)C)N(C)C(=O)[C@H](CC(C)C)N(C)C(=O)[C@H](CC(C)C)N(C)C(=O)[C@@H](C)NC(=O)C(C)NC(=O)[C@@H](CC(C)C)N(C)C(=O)C(C(C)C)NC(=O)[C@@H](CC(C)C)N(C)C(=O)CN(C)C1=O. The summed E-state index contributed by atoms with van der Waals surface area (Å²) < 4.78 is 0. The average molecular weight is 1160 g/mol. The van der Waals surface area contributed by atoms with Crippen LogP contribution in [-0.4, -0.2) is 216 Å². The fraction of sp³-hybridized carbons (Fsp3) is 0.817. The summed E-state index contributed by atoms with van der Waals surface area (Å²) in [6.07, 6.45) is 1.58. The van der Waals surface area contributed by atoms with Crippen molar-refractivity contribution in [2.75, 3.05) is 55.9 Å². The zero-order valence-electron chi connectivity index (χ0n) is 54.6. The van der Waals surface area contributed by atoms with Crippen molar-refractivity contribution in [1.29, 1.82) is 0 Å². The molecule has 4 N–H and O–H groups in total. The third-order valence-corrected chi connectivity index (χ3v) is 15.4. The van der Waals surface area contributed by atoms with E-state index in [1.807, 2.05) is 76.2 Å². The van der Waals surface area contributed by atoms with Crippen LogP contribution < -0.4 is 21.3 Å². The Morgan fingerprint density at radius 1 is 0.378 bits per heavy atom. The van der Waals surface area contributed by atoms with E-state index in [-0.39, 0.29) is 68.1 Å². The maximum Gasteiger partial charge on any atom is 0.246 e. The van der Waals surface area contributed by atoms with Gasteiger partial charge in [-0.2, -0.15) is 0 Å². The van der Waals surface area contributed by atoms with Gasteiger partial charge in [0.2, 0.25) is 65.0 Å². The second kappa shape index (κ2) is 33.5. The van der Waals surface area contributed by atoms with E-state index in [0.29, 0.717) is 6.42 Å². The standard InChI is InChI=1S/C60H109N11O11/c1-25-26-42-56(78)65(18)32-48(72)66(19)43(27-33(2)3)54(76)64-49(38(12)13)59(81)67(20)44(28-34(4)5)52(74)61-40(16)51(73)62-41(17)55(77)69(22)46(30-36(8)9)57(79)70(23)47(31-37(10)11)58(80)71(24)50(39(14)15)60(82)68(21)45(29-35(6)7)53(75)63-42/h33-47,49-50H,25-32H2,1-24H3,(H,61,74)(H,62,73)(H,63,75)(H,64,76)/t40?,41-,42?,43-,44-,45?,46+,47+,49?,50+/m1/s1. The molecule has 1 saturated heterocycles. The van der Waals surface area contributed by atoms with Crippen LogP contribution in [0.2, 0.25) is 0 Å². The fourth-order valence-corrected chi connectivity index (χ4v) is 10.4. The van der Waals surface area contributed by atoms with Crippen molar-refractivity contribution >= 4 is 65.0 Å². The van der Waals surface area contributed by atoms with Crippen LogP contribution in [-0.2, 0) is 52.7 Å². The highest BCUT2D eigenvalue weighted by molar-refractivity contribution is 5.99. The monoisotopic (exact) mass is 1160 g/mol. The van der Waals surface area contributed by atoms with Crippen LogP contribution in [0.15, 0.2) is 0 Å². The lowest BCUT2D eigenvalue weighted by Crippen LogP contribution is -2.61. The predicted molar refractivity (Wildman–Crippen MR) is 318 cm³/mol. The van der Waals surface area contributed by atoms with Crippen molar-refractivity contribution in [3.05, 3.63) is 0 Å². The molecule has 0 radical (unpaired) electrons. The van der Waals surface area contributed by atoms with Gasteiger partial charge in [-0.15, -0.1) is 0 Å². The summed E-state index contributed by atoms with van der Waals surface area (Å²) in [5.41, 5.74) is 0. The number of hydrogen-bond acceptors (Lipinski definition) is 11. The molecule has 0 saturated carbocycles. The van der Waals surface area contributed by atoms with Crippen LogP contribution in [0.25, 0.3) is 0 Å². The largest absolute Gasteiger partial charge is 0.343 e. The fourth-order valence-electron chi connectivity index (χ4n) is 10.4. The van der Waals surface area contributed by atoms with E-state index in [9.17, 15) is 47.9 Å². The van der Waals surface area contributed by atoms with Crippen molar-refractivity contribution in [1.82, 2.24) is 55.6 Å². The van der Waals surface area contributed by atoms with E-state index in [1.165, 1.54) is 97.5 Å². The Morgan fingerprint density at radius 3 is 1.15 bits per heavy atom. The molecule has 1 rings (SSSR count). The van der Waals surface area contributed by atoms with Gasteiger partial charge in [-0.1, -0.05) is 110 Å².